The zero-order valence-electron chi connectivity index (χ0n) is 9.43. The van der Waals surface area contributed by atoms with Gasteiger partial charge in [-0.1, -0.05) is 0 Å². The molecular formula is C10H16N2O2S2. The van der Waals surface area contributed by atoms with Gasteiger partial charge in [-0.3, -0.25) is 4.79 Å². The van der Waals surface area contributed by atoms with E-state index >= 15 is 0 Å². The number of aryl methyl sites for hydroxylation is 1. The third kappa shape index (κ3) is 4.51. The molecule has 1 unspecified atom stereocenters. The smallest absolute Gasteiger partial charge is 0.322 e. The molecule has 90 valence electrons. The van der Waals surface area contributed by atoms with Gasteiger partial charge in [0.05, 0.1) is 12.1 Å². The van der Waals surface area contributed by atoms with Crippen LogP contribution < -0.4 is 5.73 Å². The lowest BCUT2D eigenvalue weighted by Crippen LogP contribution is -2.31. The number of thiazole rings is 1. The maximum Gasteiger partial charge on any atom is 0.322 e. The number of nitrogens with two attached hydrogens (primary N) is 1. The normalized spacial score (nSPS) is 12.4. The molecule has 1 aromatic rings. The Bertz CT molecular complexity index is 341. The van der Waals surface area contributed by atoms with Crippen molar-refractivity contribution >= 4 is 29.1 Å². The van der Waals surface area contributed by atoms with Crippen LogP contribution in [0.5, 0.6) is 0 Å². The van der Waals surface area contributed by atoms with Crippen molar-refractivity contribution in [1.82, 2.24) is 4.98 Å². The van der Waals surface area contributed by atoms with Crippen molar-refractivity contribution in [1.29, 1.82) is 0 Å². The fraction of sp³-hybridized carbons (Fsp3) is 0.600. The van der Waals surface area contributed by atoms with Crippen molar-refractivity contribution in [3.05, 3.63) is 16.1 Å². The maximum absolute atomic E-state index is 11.0. The van der Waals surface area contributed by atoms with Crippen LogP contribution in [0.3, 0.4) is 0 Å². The molecule has 0 saturated heterocycles. The fourth-order valence-corrected chi connectivity index (χ4v) is 3.04. The Kier molecular flexibility index (Phi) is 5.79. The molecule has 4 nitrogen and oxygen atoms in total. The standard InChI is InChI=1S/C10H16N2O2S2/c1-7-12-5-8(16-7)6-15-4-3-9(11)10(13)14-2/h5,9H,3-4,6,11H2,1-2H3. The van der Waals surface area contributed by atoms with Crippen molar-refractivity contribution in [3.63, 3.8) is 0 Å². The fourth-order valence-electron chi connectivity index (χ4n) is 1.12. The van der Waals surface area contributed by atoms with Gasteiger partial charge in [0.1, 0.15) is 6.04 Å². The average Bonchev–Trinajstić information content (AvgIpc) is 2.69. The summed E-state index contributed by atoms with van der Waals surface area (Å²) in [6.07, 6.45) is 2.54. The summed E-state index contributed by atoms with van der Waals surface area (Å²) in [5.41, 5.74) is 5.61. The Hall–Kier alpha value is -0.590. The summed E-state index contributed by atoms with van der Waals surface area (Å²) in [6, 6.07) is -0.499. The molecule has 0 amide bonds. The van der Waals surface area contributed by atoms with Gasteiger partial charge in [-0.15, -0.1) is 11.3 Å². The highest BCUT2D eigenvalue weighted by Gasteiger charge is 2.12. The molecule has 16 heavy (non-hydrogen) atoms. The third-order valence-electron chi connectivity index (χ3n) is 1.99. The average molecular weight is 260 g/mol. The zero-order chi connectivity index (χ0) is 12.0. The van der Waals surface area contributed by atoms with E-state index in [1.54, 1.807) is 23.1 Å². The molecule has 1 rings (SSSR count). The topological polar surface area (TPSA) is 65.2 Å². The van der Waals surface area contributed by atoms with Crippen molar-refractivity contribution in [2.24, 2.45) is 5.73 Å². The van der Waals surface area contributed by atoms with E-state index in [0.29, 0.717) is 6.42 Å². The van der Waals surface area contributed by atoms with Crippen LogP contribution >= 0.6 is 23.1 Å². The van der Waals surface area contributed by atoms with E-state index in [2.05, 4.69) is 9.72 Å². The molecule has 1 atom stereocenters. The van der Waals surface area contributed by atoms with Gasteiger partial charge < -0.3 is 10.5 Å². The van der Waals surface area contributed by atoms with Gasteiger partial charge in [-0.2, -0.15) is 11.8 Å². The van der Waals surface area contributed by atoms with E-state index in [-0.39, 0.29) is 5.97 Å². The van der Waals surface area contributed by atoms with Crippen molar-refractivity contribution < 1.29 is 9.53 Å². The number of nitrogens with zero attached hydrogens (tertiary/aromatic N) is 1. The molecule has 0 aliphatic carbocycles. The number of rotatable bonds is 6. The van der Waals surface area contributed by atoms with Gasteiger partial charge in [-0.05, 0) is 19.1 Å². The monoisotopic (exact) mass is 260 g/mol. The number of carbonyl (C=O) groups excluding carboxylic acids is 1. The molecule has 0 aliphatic heterocycles. The first-order valence-corrected chi connectivity index (χ1v) is 6.93. The zero-order valence-corrected chi connectivity index (χ0v) is 11.1. The molecule has 1 aromatic heterocycles. The second-order valence-corrected chi connectivity index (χ2v) is 5.74. The molecule has 2 N–H and O–H groups in total. The number of methoxy groups -OCH3 is 1. The molecule has 6 heteroatoms. The van der Waals surface area contributed by atoms with E-state index < -0.39 is 6.04 Å². The molecule has 0 fully saturated rings. The molecule has 1 heterocycles. The van der Waals surface area contributed by atoms with Crippen LogP contribution in [0.15, 0.2) is 6.20 Å². The summed E-state index contributed by atoms with van der Waals surface area (Å²) in [4.78, 5) is 16.5. The van der Waals surface area contributed by atoms with Crippen LogP contribution in [0.1, 0.15) is 16.3 Å². The quantitative estimate of drug-likeness (QED) is 0.621. The number of aromatic nitrogens is 1. The Morgan fingerprint density at radius 1 is 1.75 bits per heavy atom. The van der Waals surface area contributed by atoms with Gasteiger partial charge in [0.25, 0.3) is 0 Å². The molecule has 0 aromatic carbocycles. The lowest BCUT2D eigenvalue weighted by atomic mass is 10.2. The van der Waals surface area contributed by atoms with Crippen molar-refractivity contribution in [3.8, 4) is 0 Å². The lowest BCUT2D eigenvalue weighted by Gasteiger charge is -2.07. The lowest BCUT2D eigenvalue weighted by molar-refractivity contribution is -0.142. The summed E-state index contributed by atoms with van der Waals surface area (Å²) in [5.74, 6) is 1.45. The number of esters is 1. The number of hydrogen-bond donors (Lipinski definition) is 1. The number of hydrogen-bond acceptors (Lipinski definition) is 6. The molecule has 0 saturated carbocycles. The molecule has 0 spiro atoms. The molecule has 0 aliphatic rings. The minimum Gasteiger partial charge on any atom is -0.468 e. The highest BCUT2D eigenvalue weighted by molar-refractivity contribution is 7.98. The van der Waals surface area contributed by atoms with Crippen LogP contribution in [0.4, 0.5) is 0 Å². The second kappa shape index (κ2) is 6.88. The summed E-state index contributed by atoms with van der Waals surface area (Å²) in [7, 11) is 1.36. The largest absolute Gasteiger partial charge is 0.468 e. The SMILES string of the molecule is COC(=O)C(N)CCSCc1cnc(C)s1. The van der Waals surface area contributed by atoms with Crippen molar-refractivity contribution in [2.45, 2.75) is 25.1 Å². The summed E-state index contributed by atoms with van der Waals surface area (Å²) >= 11 is 3.46. The van der Waals surface area contributed by atoms with E-state index in [1.807, 2.05) is 13.1 Å². The van der Waals surface area contributed by atoms with Crippen LogP contribution in [-0.2, 0) is 15.3 Å². The van der Waals surface area contributed by atoms with E-state index in [0.717, 1.165) is 16.5 Å². The highest BCUT2D eigenvalue weighted by atomic mass is 32.2. The minimum atomic E-state index is -0.499. The minimum absolute atomic E-state index is 0.339. The highest BCUT2D eigenvalue weighted by Crippen LogP contribution is 2.19. The van der Waals surface area contributed by atoms with Crippen LogP contribution in [0.25, 0.3) is 0 Å². The molecule has 0 radical (unpaired) electrons. The predicted octanol–water partition coefficient (Wildman–Crippen LogP) is 1.58. The van der Waals surface area contributed by atoms with Crippen LogP contribution in [-0.4, -0.2) is 29.9 Å². The summed E-state index contributed by atoms with van der Waals surface area (Å²) in [5, 5.41) is 1.09. The Morgan fingerprint density at radius 2 is 2.50 bits per heavy atom. The second-order valence-electron chi connectivity index (χ2n) is 3.32. The van der Waals surface area contributed by atoms with Gasteiger partial charge in [-0.25, -0.2) is 4.98 Å². The molecule has 0 bridgehead atoms. The van der Waals surface area contributed by atoms with E-state index in [1.165, 1.54) is 12.0 Å². The first-order valence-electron chi connectivity index (χ1n) is 4.96. The Balaban J connectivity index is 2.14. The maximum atomic E-state index is 11.0. The Labute approximate surface area is 104 Å². The van der Waals surface area contributed by atoms with Crippen LogP contribution in [0.2, 0.25) is 0 Å². The third-order valence-corrected chi connectivity index (χ3v) is 4.13. The first-order chi connectivity index (χ1) is 7.63. The number of thioether (sulfide) groups is 1. The summed E-state index contributed by atoms with van der Waals surface area (Å²) < 4.78 is 4.55. The van der Waals surface area contributed by atoms with Gasteiger partial charge in [0.15, 0.2) is 0 Å². The first kappa shape index (κ1) is 13.5. The summed E-state index contributed by atoms with van der Waals surface area (Å²) in [6.45, 7) is 1.99. The molecular weight excluding hydrogens is 244 g/mol. The van der Waals surface area contributed by atoms with Gasteiger partial charge in [0.2, 0.25) is 0 Å². The predicted molar refractivity (Wildman–Crippen MR) is 67.6 cm³/mol. The van der Waals surface area contributed by atoms with Gasteiger partial charge >= 0.3 is 5.97 Å². The van der Waals surface area contributed by atoms with E-state index in [4.69, 9.17) is 5.73 Å². The van der Waals surface area contributed by atoms with Crippen LogP contribution in [0, 0.1) is 6.92 Å². The van der Waals surface area contributed by atoms with E-state index in [9.17, 15) is 4.79 Å². The van der Waals surface area contributed by atoms with Gasteiger partial charge in [0, 0.05) is 16.8 Å². The number of carbonyl (C=O) groups is 1. The van der Waals surface area contributed by atoms with Crippen molar-refractivity contribution in [2.75, 3.05) is 12.9 Å². The number of ether oxygens (including phenoxy) is 1. The Morgan fingerprint density at radius 3 is 3.06 bits per heavy atom.